The van der Waals surface area contributed by atoms with Gasteiger partial charge < -0.3 is 19.8 Å². The van der Waals surface area contributed by atoms with E-state index in [-0.39, 0.29) is 34.8 Å². The Labute approximate surface area is 202 Å². The fourth-order valence-electron chi connectivity index (χ4n) is 3.43. The Balaban J connectivity index is 1.92. The number of halogens is 1. The van der Waals surface area contributed by atoms with E-state index in [2.05, 4.69) is 35.9 Å². The second-order valence-electron chi connectivity index (χ2n) is 8.16. The molecule has 3 rings (SSSR count). The van der Waals surface area contributed by atoms with Crippen molar-refractivity contribution in [1.82, 2.24) is 20.0 Å². The van der Waals surface area contributed by atoms with Gasteiger partial charge in [-0.25, -0.2) is 18.1 Å². The monoisotopic (exact) mass is 542 g/mol. The molecule has 1 unspecified atom stereocenters. The second kappa shape index (κ2) is 11.6. The number of nitrogens with one attached hydrogen (secondary N) is 3. The molecule has 2 heterocycles. The van der Waals surface area contributed by atoms with Gasteiger partial charge in [-0.15, -0.1) is 0 Å². The maximum atomic E-state index is 13.0. The summed E-state index contributed by atoms with van der Waals surface area (Å²) in [6.07, 6.45) is 1.32. The largest absolute Gasteiger partial charge is 0.493 e. The average molecular weight is 543 g/mol. The molecule has 0 radical (unpaired) electrons. The van der Waals surface area contributed by atoms with Gasteiger partial charge in [0.2, 0.25) is 10.0 Å². The molecule has 182 valence electrons. The summed E-state index contributed by atoms with van der Waals surface area (Å²) in [6.45, 7) is 8.68. The van der Waals surface area contributed by atoms with Gasteiger partial charge in [-0.05, 0) is 52.9 Å². The van der Waals surface area contributed by atoms with Gasteiger partial charge in [0.25, 0.3) is 5.56 Å². The molecule has 9 nitrogen and oxygen atoms in total. The number of hydrogen-bond acceptors (Lipinski definition) is 7. The number of H-pyrrole nitrogens is 1. The van der Waals surface area contributed by atoms with E-state index in [4.69, 9.17) is 9.47 Å². The van der Waals surface area contributed by atoms with E-state index in [1.165, 1.54) is 12.1 Å². The molecular formula is C22H31BrN4O5S. The molecule has 1 aliphatic rings. The number of morpholine rings is 1. The fourth-order valence-corrected chi connectivity index (χ4v) is 5.15. The lowest BCUT2D eigenvalue weighted by Crippen LogP contribution is -2.40. The molecule has 1 saturated heterocycles. The van der Waals surface area contributed by atoms with E-state index in [9.17, 15) is 13.2 Å². The Bertz CT molecular complexity index is 1110. The summed E-state index contributed by atoms with van der Waals surface area (Å²) >= 11 is 3.30. The summed E-state index contributed by atoms with van der Waals surface area (Å²) in [5.74, 6) is 0.708. The minimum atomic E-state index is -3.78. The molecule has 0 spiro atoms. The van der Waals surface area contributed by atoms with Gasteiger partial charge in [0.1, 0.15) is 16.0 Å². The van der Waals surface area contributed by atoms with Crippen molar-refractivity contribution < 1.29 is 17.9 Å². The smallest absolute Gasteiger partial charge is 0.265 e. The number of hydrogen-bond donors (Lipinski definition) is 3. The summed E-state index contributed by atoms with van der Waals surface area (Å²) in [5, 5.41) is 3.23. The highest BCUT2D eigenvalue weighted by Gasteiger charge is 2.21. The lowest BCUT2D eigenvalue weighted by Gasteiger charge is -2.23. The number of nitrogens with zero attached hydrogens (tertiary/aromatic N) is 1. The van der Waals surface area contributed by atoms with Gasteiger partial charge in [-0.2, -0.15) is 0 Å². The van der Waals surface area contributed by atoms with Gasteiger partial charge in [-0.1, -0.05) is 20.8 Å². The van der Waals surface area contributed by atoms with Gasteiger partial charge >= 0.3 is 0 Å². The molecule has 1 aromatic heterocycles. The van der Waals surface area contributed by atoms with E-state index >= 15 is 0 Å². The van der Waals surface area contributed by atoms with Crippen molar-refractivity contribution in [2.45, 2.75) is 50.5 Å². The van der Waals surface area contributed by atoms with Crippen LogP contribution in [0.4, 0.5) is 0 Å². The van der Waals surface area contributed by atoms with E-state index in [1.54, 1.807) is 6.07 Å². The van der Waals surface area contributed by atoms with Gasteiger partial charge in [0, 0.05) is 19.6 Å². The highest BCUT2D eigenvalue weighted by Crippen LogP contribution is 2.32. The fraction of sp³-hybridized carbons (Fsp3) is 0.545. The first kappa shape index (κ1) is 25.8. The lowest BCUT2D eigenvalue weighted by molar-refractivity contribution is 0.0247. The van der Waals surface area contributed by atoms with E-state index in [1.807, 2.05) is 20.8 Å². The molecule has 1 aromatic carbocycles. The molecule has 2 aromatic rings. The molecule has 11 heteroatoms. The first-order valence-electron chi connectivity index (χ1n) is 11.1. The van der Waals surface area contributed by atoms with Gasteiger partial charge in [0.05, 0.1) is 35.5 Å². The highest BCUT2D eigenvalue weighted by atomic mass is 79.9. The zero-order valence-corrected chi connectivity index (χ0v) is 21.5. The molecule has 0 amide bonds. The van der Waals surface area contributed by atoms with E-state index in [0.717, 1.165) is 13.0 Å². The maximum Gasteiger partial charge on any atom is 0.265 e. The lowest BCUT2D eigenvalue weighted by atomic mass is 10.1. The average Bonchev–Trinajstić information content (AvgIpc) is 2.79. The Morgan fingerprint density at radius 3 is 2.82 bits per heavy atom. The molecule has 0 bridgehead atoms. The summed E-state index contributed by atoms with van der Waals surface area (Å²) < 4.78 is 40.4. The van der Waals surface area contributed by atoms with Crippen LogP contribution in [0.2, 0.25) is 0 Å². The number of benzene rings is 1. The minimum absolute atomic E-state index is 0.00878. The van der Waals surface area contributed by atoms with E-state index < -0.39 is 10.0 Å². The van der Waals surface area contributed by atoms with Crippen LogP contribution in [0.25, 0.3) is 11.4 Å². The maximum absolute atomic E-state index is 13.0. The van der Waals surface area contributed by atoms with Crippen molar-refractivity contribution in [2.24, 2.45) is 0 Å². The molecule has 0 saturated carbocycles. The predicted octanol–water partition coefficient (Wildman–Crippen LogP) is 2.77. The van der Waals surface area contributed by atoms with Gasteiger partial charge in [-0.3, -0.25) is 4.79 Å². The zero-order valence-electron chi connectivity index (χ0n) is 19.1. The number of aromatic nitrogens is 2. The summed E-state index contributed by atoms with van der Waals surface area (Å²) in [4.78, 5) is 19.9. The standard InChI is InChI=1S/C22H31BrN4O5S/c1-4-10-32-18-6-5-16(33(29,30)25-8-7-15-13-24-9-11-31-15)12-17(18)21-26-20(14(2)3)19(23)22(28)27-21/h5-6,12,14-15,24-25H,4,7-11,13H2,1-3H3,(H,26,27,28). The van der Waals surface area contributed by atoms with Crippen molar-refractivity contribution in [3.8, 4) is 17.1 Å². The molecule has 33 heavy (non-hydrogen) atoms. The van der Waals surface area contributed by atoms with Crippen molar-refractivity contribution in [2.75, 3.05) is 32.8 Å². The minimum Gasteiger partial charge on any atom is -0.493 e. The van der Waals surface area contributed by atoms with Crippen molar-refractivity contribution >= 4 is 26.0 Å². The molecular weight excluding hydrogens is 512 g/mol. The van der Waals surface area contributed by atoms with Crippen LogP contribution in [-0.2, 0) is 14.8 Å². The van der Waals surface area contributed by atoms with Crippen LogP contribution < -0.4 is 20.3 Å². The van der Waals surface area contributed by atoms with Gasteiger partial charge in [0.15, 0.2) is 0 Å². The Morgan fingerprint density at radius 1 is 1.36 bits per heavy atom. The van der Waals surface area contributed by atoms with Crippen LogP contribution in [0, 0.1) is 0 Å². The summed E-state index contributed by atoms with van der Waals surface area (Å²) in [5.41, 5.74) is 0.665. The Morgan fingerprint density at radius 2 is 2.15 bits per heavy atom. The number of sulfonamides is 1. The zero-order chi connectivity index (χ0) is 24.0. The predicted molar refractivity (Wildman–Crippen MR) is 130 cm³/mol. The SMILES string of the molecule is CCCOc1ccc(S(=O)(=O)NCCC2CNCCO2)cc1-c1nc(C(C)C)c(Br)c(=O)[nH]1. The normalized spacial score (nSPS) is 16.8. The third-order valence-corrected chi connectivity index (χ3v) is 7.40. The van der Waals surface area contributed by atoms with Crippen LogP contribution in [0.1, 0.15) is 45.2 Å². The molecule has 1 atom stereocenters. The summed E-state index contributed by atoms with van der Waals surface area (Å²) in [7, 11) is -3.78. The van der Waals surface area contributed by atoms with Crippen molar-refractivity contribution in [1.29, 1.82) is 0 Å². The molecule has 0 aliphatic carbocycles. The first-order chi connectivity index (χ1) is 15.7. The van der Waals surface area contributed by atoms with Crippen LogP contribution in [0.5, 0.6) is 5.75 Å². The first-order valence-corrected chi connectivity index (χ1v) is 13.4. The van der Waals surface area contributed by atoms with Crippen molar-refractivity contribution in [3.63, 3.8) is 0 Å². The third-order valence-electron chi connectivity index (χ3n) is 5.18. The summed E-state index contributed by atoms with van der Waals surface area (Å²) in [6, 6.07) is 4.59. The molecule has 1 aliphatic heterocycles. The van der Waals surface area contributed by atoms with Crippen LogP contribution in [0.3, 0.4) is 0 Å². The second-order valence-corrected chi connectivity index (χ2v) is 10.7. The number of ether oxygens (including phenoxy) is 2. The van der Waals surface area contributed by atoms with Crippen molar-refractivity contribution in [3.05, 3.63) is 38.7 Å². The molecule has 3 N–H and O–H groups in total. The number of aromatic amines is 1. The highest BCUT2D eigenvalue weighted by molar-refractivity contribution is 9.10. The van der Waals surface area contributed by atoms with Crippen LogP contribution in [0.15, 0.2) is 32.4 Å². The Kier molecular flexibility index (Phi) is 9.05. The quantitative estimate of drug-likeness (QED) is 0.421. The molecule has 1 fully saturated rings. The number of rotatable bonds is 10. The topological polar surface area (TPSA) is 122 Å². The van der Waals surface area contributed by atoms with Crippen LogP contribution in [-0.4, -0.2) is 57.3 Å². The van der Waals surface area contributed by atoms with E-state index in [0.29, 0.717) is 47.7 Å². The Hall–Kier alpha value is -1.79. The van der Waals surface area contributed by atoms with Crippen LogP contribution >= 0.6 is 15.9 Å². The third kappa shape index (κ3) is 6.63.